The molecular formula is C13H9F3N2O2. The van der Waals surface area contributed by atoms with Crippen LogP contribution in [0, 0.1) is 17.5 Å². The molecule has 2 aromatic rings. The first-order valence-corrected chi connectivity index (χ1v) is 5.95. The lowest BCUT2D eigenvalue weighted by Gasteiger charge is -2.08. The van der Waals surface area contributed by atoms with E-state index in [4.69, 9.17) is 5.11 Å². The van der Waals surface area contributed by atoms with Crippen molar-refractivity contribution in [2.24, 2.45) is 0 Å². The van der Waals surface area contributed by atoms with Crippen LogP contribution in [-0.2, 0) is 0 Å². The van der Waals surface area contributed by atoms with Crippen LogP contribution in [0.5, 0.6) is 0 Å². The quantitative estimate of drug-likeness (QED) is 0.881. The number of benzene rings is 1. The Labute approximate surface area is 111 Å². The first-order chi connectivity index (χ1) is 9.49. The van der Waals surface area contributed by atoms with Gasteiger partial charge in [0.1, 0.15) is 5.56 Å². The van der Waals surface area contributed by atoms with Crippen LogP contribution < -0.4 is 0 Å². The van der Waals surface area contributed by atoms with Crippen molar-refractivity contribution in [1.29, 1.82) is 0 Å². The van der Waals surface area contributed by atoms with Crippen molar-refractivity contribution < 1.29 is 23.1 Å². The highest BCUT2D eigenvalue weighted by molar-refractivity contribution is 5.89. The molecule has 1 saturated carbocycles. The van der Waals surface area contributed by atoms with E-state index in [1.165, 1.54) is 0 Å². The van der Waals surface area contributed by atoms with Gasteiger partial charge in [0.05, 0.1) is 17.6 Å². The number of hydrogen-bond acceptors (Lipinski definition) is 2. The van der Waals surface area contributed by atoms with Crippen molar-refractivity contribution >= 4 is 5.97 Å². The Morgan fingerprint density at radius 2 is 1.85 bits per heavy atom. The molecule has 0 saturated heterocycles. The van der Waals surface area contributed by atoms with Crippen LogP contribution >= 0.6 is 0 Å². The maximum absolute atomic E-state index is 13.3. The van der Waals surface area contributed by atoms with E-state index < -0.39 is 23.4 Å². The number of halogens is 3. The van der Waals surface area contributed by atoms with Crippen LogP contribution in [0.25, 0.3) is 5.69 Å². The fourth-order valence-corrected chi connectivity index (χ4v) is 2.14. The number of hydrogen-bond donors (Lipinski definition) is 1. The molecule has 1 fully saturated rings. The summed E-state index contributed by atoms with van der Waals surface area (Å²) in [5.74, 6) is -5.39. The Morgan fingerprint density at radius 3 is 2.35 bits per heavy atom. The minimum Gasteiger partial charge on any atom is -0.478 e. The smallest absolute Gasteiger partial charge is 0.339 e. The van der Waals surface area contributed by atoms with Crippen LogP contribution in [0.2, 0.25) is 0 Å². The van der Waals surface area contributed by atoms with Gasteiger partial charge in [-0.25, -0.2) is 22.6 Å². The maximum Gasteiger partial charge on any atom is 0.339 e. The first kappa shape index (κ1) is 12.7. The molecule has 1 aliphatic rings. The van der Waals surface area contributed by atoms with Gasteiger partial charge in [-0.1, -0.05) is 0 Å². The van der Waals surface area contributed by atoms with E-state index in [1.807, 2.05) is 0 Å². The number of nitrogens with zero attached hydrogens (tertiary/aromatic N) is 2. The van der Waals surface area contributed by atoms with Crippen LogP contribution in [0.1, 0.15) is 34.8 Å². The van der Waals surface area contributed by atoms with Crippen molar-refractivity contribution in [3.63, 3.8) is 0 Å². The lowest BCUT2D eigenvalue weighted by atomic mass is 10.1. The van der Waals surface area contributed by atoms with Crippen LogP contribution in [0.4, 0.5) is 13.2 Å². The van der Waals surface area contributed by atoms with Crippen molar-refractivity contribution in [2.45, 2.75) is 18.8 Å². The standard InChI is InChI=1S/C13H9F3N2O2/c14-9-3-7(4-10(15)11(9)16)18-12(6-1-2-6)8(5-17-18)13(19)20/h3-6H,1-2H2,(H,19,20). The number of carboxylic acid groups (broad SMARTS) is 1. The van der Waals surface area contributed by atoms with Gasteiger partial charge >= 0.3 is 5.97 Å². The second kappa shape index (κ2) is 4.36. The molecular weight excluding hydrogens is 273 g/mol. The maximum atomic E-state index is 13.3. The van der Waals surface area contributed by atoms with E-state index >= 15 is 0 Å². The third kappa shape index (κ3) is 1.95. The van der Waals surface area contributed by atoms with Crippen molar-refractivity contribution in [3.05, 3.63) is 47.0 Å². The van der Waals surface area contributed by atoms with Crippen LogP contribution in [0.15, 0.2) is 18.3 Å². The Balaban J connectivity index is 2.17. The average molecular weight is 282 g/mol. The zero-order valence-corrected chi connectivity index (χ0v) is 10.1. The average Bonchev–Trinajstić information content (AvgIpc) is 3.13. The zero-order chi connectivity index (χ0) is 14.4. The monoisotopic (exact) mass is 282 g/mol. The molecule has 4 nitrogen and oxygen atoms in total. The third-order valence-electron chi connectivity index (χ3n) is 3.21. The Kier molecular flexibility index (Phi) is 2.77. The summed E-state index contributed by atoms with van der Waals surface area (Å²) in [6, 6.07) is 1.59. The van der Waals surface area contributed by atoms with Crippen molar-refractivity contribution in [1.82, 2.24) is 9.78 Å². The minimum atomic E-state index is -1.56. The first-order valence-electron chi connectivity index (χ1n) is 5.95. The summed E-state index contributed by atoms with van der Waals surface area (Å²) in [7, 11) is 0. The number of rotatable bonds is 3. The molecule has 104 valence electrons. The minimum absolute atomic E-state index is 0.000208. The van der Waals surface area contributed by atoms with E-state index in [1.54, 1.807) is 0 Å². The summed E-state index contributed by atoms with van der Waals surface area (Å²) in [4.78, 5) is 11.1. The molecule has 1 heterocycles. The molecule has 7 heteroatoms. The molecule has 1 aromatic heterocycles. The molecule has 1 aliphatic carbocycles. The molecule has 0 spiro atoms. The fourth-order valence-electron chi connectivity index (χ4n) is 2.14. The van der Waals surface area contributed by atoms with Gasteiger partial charge in [-0.3, -0.25) is 0 Å². The van der Waals surface area contributed by atoms with Gasteiger partial charge in [0.2, 0.25) is 0 Å². The van der Waals surface area contributed by atoms with Gasteiger partial charge in [-0.15, -0.1) is 0 Å². The summed E-state index contributed by atoms with van der Waals surface area (Å²) in [6.07, 6.45) is 2.71. The molecule has 0 unspecified atom stereocenters. The molecule has 1 N–H and O–H groups in total. The van der Waals surface area contributed by atoms with E-state index in [-0.39, 0.29) is 17.2 Å². The Hall–Kier alpha value is -2.31. The largest absolute Gasteiger partial charge is 0.478 e. The number of carboxylic acids is 1. The third-order valence-corrected chi connectivity index (χ3v) is 3.21. The second-order valence-electron chi connectivity index (χ2n) is 4.66. The summed E-state index contributed by atoms with van der Waals surface area (Å²) in [5.41, 5.74) is 0.358. The molecule has 1 aromatic carbocycles. The summed E-state index contributed by atoms with van der Waals surface area (Å²) < 4.78 is 40.7. The Bertz CT molecular complexity index is 685. The fraction of sp³-hybridized carbons (Fsp3) is 0.231. The van der Waals surface area contributed by atoms with Crippen LogP contribution in [0.3, 0.4) is 0 Å². The normalized spacial score (nSPS) is 14.6. The van der Waals surface area contributed by atoms with E-state index in [2.05, 4.69) is 5.10 Å². The predicted octanol–water partition coefficient (Wildman–Crippen LogP) is 2.87. The highest BCUT2D eigenvalue weighted by Crippen LogP contribution is 2.42. The van der Waals surface area contributed by atoms with Gasteiger partial charge in [0, 0.05) is 18.1 Å². The van der Waals surface area contributed by atoms with Gasteiger partial charge in [-0.2, -0.15) is 5.10 Å². The van der Waals surface area contributed by atoms with Gasteiger partial charge < -0.3 is 5.11 Å². The highest BCUT2D eigenvalue weighted by Gasteiger charge is 2.33. The van der Waals surface area contributed by atoms with Crippen LogP contribution in [-0.4, -0.2) is 20.9 Å². The number of aromatic carboxylic acids is 1. The summed E-state index contributed by atoms with van der Waals surface area (Å²) in [5, 5.41) is 13.0. The molecule has 0 atom stereocenters. The predicted molar refractivity (Wildman–Crippen MR) is 62.4 cm³/mol. The van der Waals surface area contributed by atoms with Crippen molar-refractivity contribution in [3.8, 4) is 5.69 Å². The number of carbonyl (C=O) groups is 1. The van der Waals surface area contributed by atoms with E-state index in [0.29, 0.717) is 5.69 Å². The Morgan fingerprint density at radius 1 is 1.25 bits per heavy atom. The second-order valence-corrected chi connectivity index (χ2v) is 4.66. The van der Waals surface area contributed by atoms with E-state index in [9.17, 15) is 18.0 Å². The van der Waals surface area contributed by atoms with Gasteiger partial charge in [-0.05, 0) is 12.8 Å². The zero-order valence-electron chi connectivity index (χ0n) is 10.1. The van der Waals surface area contributed by atoms with Crippen molar-refractivity contribution in [2.75, 3.05) is 0 Å². The molecule has 20 heavy (non-hydrogen) atoms. The SMILES string of the molecule is O=C(O)c1cnn(-c2cc(F)c(F)c(F)c2)c1C1CC1. The molecule has 0 aliphatic heterocycles. The molecule has 0 amide bonds. The summed E-state index contributed by atoms with van der Waals surface area (Å²) >= 11 is 0. The molecule has 3 rings (SSSR count). The van der Waals surface area contributed by atoms with Gasteiger partial charge in [0.25, 0.3) is 0 Å². The van der Waals surface area contributed by atoms with E-state index in [0.717, 1.165) is 35.9 Å². The topological polar surface area (TPSA) is 55.1 Å². The highest BCUT2D eigenvalue weighted by atomic mass is 19.2. The lowest BCUT2D eigenvalue weighted by Crippen LogP contribution is -2.07. The molecule has 0 radical (unpaired) electrons. The number of aromatic nitrogens is 2. The summed E-state index contributed by atoms with van der Waals surface area (Å²) in [6.45, 7) is 0. The molecule has 0 bridgehead atoms. The lowest BCUT2D eigenvalue weighted by molar-refractivity contribution is 0.0695. The van der Waals surface area contributed by atoms with Gasteiger partial charge in [0.15, 0.2) is 17.5 Å².